The SMILES string of the molecule is CN(C)CCc1ccc(NC(=O)COc2ccccc2Cc2ccccc2)cc1. The van der Waals surface area contributed by atoms with Gasteiger partial charge in [-0.2, -0.15) is 0 Å². The summed E-state index contributed by atoms with van der Waals surface area (Å²) in [6.07, 6.45) is 1.76. The lowest BCUT2D eigenvalue weighted by Crippen LogP contribution is -2.20. The Hall–Kier alpha value is -3.11. The fourth-order valence-electron chi connectivity index (χ4n) is 3.05. The van der Waals surface area contributed by atoms with Crippen LogP contribution >= 0.6 is 0 Å². The Morgan fingerprint density at radius 1 is 0.862 bits per heavy atom. The van der Waals surface area contributed by atoms with E-state index in [0.29, 0.717) is 0 Å². The van der Waals surface area contributed by atoms with Crippen molar-refractivity contribution in [3.63, 3.8) is 0 Å². The lowest BCUT2D eigenvalue weighted by atomic mass is 10.0. The molecule has 3 rings (SSSR count). The summed E-state index contributed by atoms with van der Waals surface area (Å²) < 4.78 is 5.81. The van der Waals surface area contributed by atoms with Crippen molar-refractivity contribution in [3.8, 4) is 5.75 Å². The fourth-order valence-corrected chi connectivity index (χ4v) is 3.05. The number of hydrogen-bond donors (Lipinski definition) is 1. The Balaban J connectivity index is 1.53. The third-order valence-electron chi connectivity index (χ3n) is 4.65. The number of para-hydroxylation sites is 1. The molecule has 0 radical (unpaired) electrons. The van der Waals surface area contributed by atoms with Crippen LogP contribution in [0.1, 0.15) is 16.7 Å². The summed E-state index contributed by atoms with van der Waals surface area (Å²) in [4.78, 5) is 14.5. The number of hydrogen-bond acceptors (Lipinski definition) is 3. The Morgan fingerprint density at radius 3 is 2.28 bits per heavy atom. The molecule has 3 aromatic rings. The Morgan fingerprint density at radius 2 is 1.55 bits per heavy atom. The van der Waals surface area contributed by atoms with Crippen LogP contribution < -0.4 is 10.1 Å². The van der Waals surface area contributed by atoms with Crippen molar-refractivity contribution in [3.05, 3.63) is 95.6 Å². The number of nitrogens with one attached hydrogen (secondary N) is 1. The van der Waals surface area contributed by atoms with E-state index in [2.05, 4.69) is 48.6 Å². The summed E-state index contributed by atoms with van der Waals surface area (Å²) in [5.41, 5.74) is 4.31. The zero-order valence-electron chi connectivity index (χ0n) is 17.1. The maximum Gasteiger partial charge on any atom is 0.262 e. The first-order valence-electron chi connectivity index (χ1n) is 9.88. The van der Waals surface area contributed by atoms with E-state index in [1.807, 2.05) is 54.6 Å². The predicted molar refractivity (Wildman–Crippen MR) is 119 cm³/mol. The van der Waals surface area contributed by atoms with Gasteiger partial charge in [0.15, 0.2) is 6.61 Å². The first kappa shape index (κ1) is 20.6. The molecule has 4 nitrogen and oxygen atoms in total. The minimum atomic E-state index is -0.166. The van der Waals surface area contributed by atoms with Crippen LogP contribution in [0.15, 0.2) is 78.9 Å². The number of rotatable bonds is 9. The van der Waals surface area contributed by atoms with Crippen LogP contribution in [0.5, 0.6) is 5.75 Å². The van der Waals surface area contributed by atoms with Crippen molar-refractivity contribution in [1.29, 1.82) is 0 Å². The number of likely N-dealkylation sites (N-methyl/N-ethyl adjacent to an activating group) is 1. The number of ether oxygens (including phenoxy) is 1. The van der Waals surface area contributed by atoms with Crippen molar-refractivity contribution in [2.24, 2.45) is 0 Å². The average molecular weight is 389 g/mol. The minimum Gasteiger partial charge on any atom is -0.483 e. The van der Waals surface area contributed by atoms with Gasteiger partial charge in [0.2, 0.25) is 0 Å². The molecule has 0 heterocycles. The topological polar surface area (TPSA) is 41.6 Å². The van der Waals surface area contributed by atoms with E-state index >= 15 is 0 Å². The number of benzene rings is 3. The summed E-state index contributed by atoms with van der Waals surface area (Å²) in [5, 5.41) is 2.90. The Labute approximate surface area is 173 Å². The van der Waals surface area contributed by atoms with Crippen molar-refractivity contribution in [2.45, 2.75) is 12.8 Å². The van der Waals surface area contributed by atoms with Gasteiger partial charge < -0.3 is 15.0 Å². The number of amides is 1. The molecule has 0 aliphatic rings. The summed E-state index contributed by atoms with van der Waals surface area (Å²) in [6.45, 7) is 0.982. The minimum absolute atomic E-state index is 0.0197. The lowest BCUT2D eigenvalue weighted by Gasteiger charge is -2.12. The van der Waals surface area contributed by atoms with Crippen molar-refractivity contribution < 1.29 is 9.53 Å². The molecule has 0 atom stereocenters. The van der Waals surface area contributed by atoms with E-state index in [9.17, 15) is 4.79 Å². The second-order valence-corrected chi connectivity index (χ2v) is 7.36. The van der Waals surface area contributed by atoms with Crippen LogP contribution in [0.4, 0.5) is 5.69 Å². The molecule has 0 saturated carbocycles. The highest BCUT2D eigenvalue weighted by molar-refractivity contribution is 5.91. The van der Waals surface area contributed by atoms with E-state index in [4.69, 9.17) is 4.74 Å². The van der Waals surface area contributed by atoms with Gasteiger partial charge >= 0.3 is 0 Å². The predicted octanol–water partition coefficient (Wildman–Crippen LogP) is 4.40. The van der Waals surface area contributed by atoms with E-state index in [1.54, 1.807) is 0 Å². The van der Waals surface area contributed by atoms with Gasteiger partial charge in [-0.3, -0.25) is 4.79 Å². The highest BCUT2D eigenvalue weighted by Crippen LogP contribution is 2.21. The van der Waals surface area contributed by atoms with Crippen LogP contribution in [-0.4, -0.2) is 38.1 Å². The van der Waals surface area contributed by atoms with E-state index in [-0.39, 0.29) is 12.5 Å². The molecule has 0 saturated heterocycles. The molecule has 0 aromatic heterocycles. The van der Waals surface area contributed by atoms with Gasteiger partial charge in [-0.05, 0) is 55.4 Å². The summed E-state index contributed by atoms with van der Waals surface area (Å²) in [6, 6.07) is 26.1. The molecule has 0 aliphatic carbocycles. The second kappa shape index (κ2) is 10.4. The van der Waals surface area contributed by atoms with Gasteiger partial charge in [0.25, 0.3) is 5.91 Å². The van der Waals surface area contributed by atoms with Crippen molar-refractivity contribution in [2.75, 3.05) is 32.6 Å². The van der Waals surface area contributed by atoms with Crippen LogP contribution in [0, 0.1) is 0 Å². The van der Waals surface area contributed by atoms with Gasteiger partial charge in [-0.1, -0.05) is 60.7 Å². The summed E-state index contributed by atoms with van der Waals surface area (Å²) in [7, 11) is 4.12. The zero-order chi connectivity index (χ0) is 20.5. The first-order chi connectivity index (χ1) is 14.1. The van der Waals surface area contributed by atoms with E-state index < -0.39 is 0 Å². The molecule has 0 aliphatic heterocycles. The summed E-state index contributed by atoms with van der Waals surface area (Å²) in [5.74, 6) is 0.575. The maximum absolute atomic E-state index is 12.3. The lowest BCUT2D eigenvalue weighted by molar-refractivity contribution is -0.118. The molecule has 0 unspecified atom stereocenters. The largest absolute Gasteiger partial charge is 0.483 e. The average Bonchev–Trinajstić information content (AvgIpc) is 2.73. The van der Waals surface area contributed by atoms with Crippen LogP contribution in [-0.2, 0) is 17.6 Å². The molecule has 3 aromatic carbocycles. The molecule has 1 N–H and O–H groups in total. The highest BCUT2D eigenvalue weighted by Gasteiger charge is 2.08. The van der Waals surface area contributed by atoms with Crippen LogP contribution in [0.2, 0.25) is 0 Å². The molecular weight excluding hydrogens is 360 g/mol. The molecule has 0 fully saturated rings. The zero-order valence-corrected chi connectivity index (χ0v) is 17.1. The third kappa shape index (κ3) is 6.77. The molecule has 0 bridgehead atoms. The molecule has 1 amide bonds. The molecule has 0 spiro atoms. The van der Waals surface area contributed by atoms with E-state index in [1.165, 1.54) is 11.1 Å². The molecule has 4 heteroatoms. The quantitative estimate of drug-likeness (QED) is 0.591. The van der Waals surface area contributed by atoms with Gasteiger partial charge in [0.1, 0.15) is 5.75 Å². The molecule has 150 valence electrons. The monoisotopic (exact) mass is 388 g/mol. The van der Waals surface area contributed by atoms with Gasteiger partial charge in [0.05, 0.1) is 0 Å². The van der Waals surface area contributed by atoms with Crippen LogP contribution in [0.3, 0.4) is 0 Å². The molecule has 29 heavy (non-hydrogen) atoms. The Bertz CT molecular complexity index is 906. The smallest absolute Gasteiger partial charge is 0.262 e. The standard InChI is InChI=1S/C25H28N2O2/c1-27(2)17-16-20-12-14-23(15-13-20)26-25(28)19-29-24-11-7-6-10-22(24)18-21-8-4-3-5-9-21/h3-15H,16-19H2,1-2H3,(H,26,28). The van der Waals surface area contributed by atoms with Gasteiger partial charge in [-0.25, -0.2) is 0 Å². The van der Waals surface area contributed by atoms with Crippen molar-refractivity contribution >= 4 is 11.6 Å². The maximum atomic E-state index is 12.3. The second-order valence-electron chi connectivity index (χ2n) is 7.36. The normalized spacial score (nSPS) is 10.7. The Kier molecular flexibility index (Phi) is 7.42. The molecular formula is C25H28N2O2. The van der Waals surface area contributed by atoms with E-state index in [0.717, 1.165) is 36.4 Å². The van der Waals surface area contributed by atoms with Gasteiger partial charge in [0, 0.05) is 18.7 Å². The first-order valence-corrected chi connectivity index (χ1v) is 9.88. The number of nitrogens with zero attached hydrogens (tertiary/aromatic N) is 1. The number of anilines is 1. The van der Waals surface area contributed by atoms with Gasteiger partial charge in [-0.15, -0.1) is 0 Å². The van der Waals surface area contributed by atoms with Crippen LogP contribution in [0.25, 0.3) is 0 Å². The fraction of sp³-hybridized carbons (Fsp3) is 0.240. The number of carbonyl (C=O) groups excluding carboxylic acids is 1. The summed E-state index contributed by atoms with van der Waals surface area (Å²) >= 11 is 0. The highest BCUT2D eigenvalue weighted by atomic mass is 16.5. The van der Waals surface area contributed by atoms with Crippen molar-refractivity contribution in [1.82, 2.24) is 4.90 Å². The number of carbonyl (C=O) groups is 1. The third-order valence-corrected chi connectivity index (χ3v) is 4.65.